The van der Waals surface area contributed by atoms with Gasteiger partial charge in [-0.25, -0.2) is 14.1 Å². The van der Waals surface area contributed by atoms with Gasteiger partial charge in [-0.1, -0.05) is 40.5 Å². The van der Waals surface area contributed by atoms with E-state index in [1.807, 2.05) is 0 Å². The Morgan fingerprint density at radius 1 is 1.06 bits per heavy atom. The van der Waals surface area contributed by atoms with E-state index < -0.39 is 23.3 Å². The third-order valence-corrected chi connectivity index (χ3v) is 6.59. The minimum atomic E-state index is -4.84. The second kappa shape index (κ2) is 8.78. The van der Waals surface area contributed by atoms with Crippen LogP contribution in [0.15, 0.2) is 58.6 Å². The summed E-state index contributed by atoms with van der Waals surface area (Å²) in [7, 11) is 0. The molecule has 0 saturated heterocycles. The maximum Gasteiger partial charge on any atom is 0.434 e. The second-order valence-corrected chi connectivity index (χ2v) is 9.12. The van der Waals surface area contributed by atoms with Crippen molar-refractivity contribution in [2.75, 3.05) is 0 Å². The van der Waals surface area contributed by atoms with Gasteiger partial charge in [0.1, 0.15) is 16.5 Å². The van der Waals surface area contributed by atoms with E-state index in [9.17, 15) is 17.6 Å². The molecular formula is C23H12Cl2F4N4OS. The molecule has 0 radical (unpaired) electrons. The molecule has 3 heterocycles. The lowest BCUT2D eigenvalue weighted by molar-refractivity contribution is -0.142. The molecule has 0 spiro atoms. The first-order valence-corrected chi connectivity index (χ1v) is 11.6. The third kappa shape index (κ3) is 4.22. The molecule has 0 atom stereocenters. The molecule has 0 bridgehead atoms. The molecule has 5 rings (SSSR count). The quantitative estimate of drug-likeness (QED) is 0.217. The van der Waals surface area contributed by atoms with Crippen LogP contribution in [0, 0.1) is 12.7 Å². The highest BCUT2D eigenvalue weighted by atomic mass is 35.5. The minimum Gasteiger partial charge on any atom is -0.355 e. The van der Waals surface area contributed by atoms with Gasteiger partial charge in [-0.05, 0) is 37.3 Å². The van der Waals surface area contributed by atoms with Crippen LogP contribution in [0.5, 0.6) is 0 Å². The standard InChI is InChI=1S/C23H12Cl2F4N4OS/c1-11-10-35-22(31-11)18-19(17-15(25)6-3-7-16(17)26)32-34-20(18)14-9-30-33(21(14)23(27,28)29)13-5-2-4-12(24)8-13/h2-10H,1H3. The number of benzene rings is 2. The van der Waals surface area contributed by atoms with Crippen LogP contribution >= 0.6 is 34.5 Å². The Labute approximate surface area is 209 Å². The van der Waals surface area contributed by atoms with Gasteiger partial charge in [0.15, 0.2) is 11.5 Å². The first-order valence-electron chi connectivity index (χ1n) is 9.93. The number of nitrogens with zero attached hydrogens (tertiary/aromatic N) is 4. The van der Waals surface area contributed by atoms with E-state index >= 15 is 0 Å². The minimum absolute atomic E-state index is 0.0186. The van der Waals surface area contributed by atoms with Crippen LogP contribution < -0.4 is 0 Å². The smallest absolute Gasteiger partial charge is 0.355 e. The Morgan fingerprint density at radius 3 is 2.49 bits per heavy atom. The summed E-state index contributed by atoms with van der Waals surface area (Å²) >= 11 is 13.4. The zero-order valence-electron chi connectivity index (χ0n) is 17.6. The first-order chi connectivity index (χ1) is 16.6. The van der Waals surface area contributed by atoms with Crippen molar-refractivity contribution < 1.29 is 22.1 Å². The highest BCUT2D eigenvalue weighted by Gasteiger charge is 2.41. The van der Waals surface area contributed by atoms with E-state index in [1.165, 1.54) is 42.5 Å². The normalized spacial score (nSPS) is 11.9. The Balaban J connectivity index is 1.81. The summed E-state index contributed by atoms with van der Waals surface area (Å²) in [4.78, 5) is 4.38. The van der Waals surface area contributed by atoms with Crippen LogP contribution in [0.25, 0.3) is 38.8 Å². The molecule has 12 heteroatoms. The van der Waals surface area contributed by atoms with Crippen molar-refractivity contribution in [3.05, 3.63) is 81.3 Å². The van der Waals surface area contributed by atoms with Crippen LogP contribution in [-0.2, 0) is 6.18 Å². The van der Waals surface area contributed by atoms with Crippen molar-refractivity contribution in [1.82, 2.24) is 19.9 Å². The Hall–Kier alpha value is -3.21. The van der Waals surface area contributed by atoms with Crippen molar-refractivity contribution in [1.29, 1.82) is 0 Å². The maximum absolute atomic E-state index is 14.8. The summed E-state index contributed by atoms with van der Waals surface area (Å²) in [6.45, 7) is 1.72. The van der Waals surface area contributed by atoms with Gasteiger partial charge < -0.3 is 4.52 Å². The Morgan fingerprint density at radius 2 is 1.83 bits per heavy atom. The average molecular weight is 539 g/mol. The molecular weight excluding hydrogens is 527 g/mol. The maximum atomic E-state index is 14.8. The number of rotatable bonds is 4. The van der Waals surface area contributed by atoms with E-state index in [2.05, 4.69) is 15.2 Å². The van der Waals surface area contributed by atoms with Gasteiger partial charge in [0, 0.05) is 16.1 Å². The van der Waals surface area contributed by atoms with Gasteiger partial charge in [-0.3, -0.25) is 0 Å². The highest BCUT2D eigenvalue weighted by molar-refractivity contribution is 7.13. The van der Waals surface area contributed by atoms with E-state index in [0.717, 1.165) is 22.2 Å². The predicted molar refractivity (Wildman–Crippen MR) is 125 cm³/mol. The molecule has 0 aliphatic rings. The summed E-state index contributed by atoms with van der Waals surface area (Å²) in [5, 5.41) is 10.1. The fraction of sp³-hybridized carbons (Fsp3) is 0.0870. The van der Waals surface area contributed by atoms with Gasteiger partial charge in [0.05, 0.1) is 33.6 Å². The lowest BCUT2D eigenvalue weighted by Crippen LogP contribution is -2.14. The van der Waals surface area contributed by atoms with E-state index in [4.69, 9.17) is 27.7 Å². The summed E-state index contributed by atoms with van der Waals surface area (Å²) < 4.78 is 64.0. The largest absolute Gasteiger partial charge is 0.434 e. The summed E-state index contributed by atoms with van der Waals surface area (Å²) in [5.41, 5.74) is -0.897. The van der Waals surface area contributed by atoms with Crippen molar-refractivity contribution in [3.63, 3.8) is 0 Å². The Kier molecular flexibility index (Phi) is 5.90. The number of halogens is 6. The summed E-state index contributed by atoms with van der Waals surface area (Å²) in [6.07, 6.45) is -3.83. The lowest BCUT2D eigenvalue weighted by atomic mass is 10.0. The number of hydrogen-bond acceptors (Lipinski definition) is 5. The third-order valence-electron chi connectivity index (χ3n) is 5.06. The van der Waals surface area contributed by atoms with Gasteiger partial charge in [-0.2, -0.15) is 18.3 Å². The molecule has 5 nitrogen and oxygen atoms in total. The van der Waals surface area contributed by atoms with Crippen LogP contribution in [0.3, 0.4) is 0 Å². The molecule has 2 aromatic carbocycles. The average Bonchev–Trinajstić information content (AvgIpc) is 3.50. The lowest BCUT2D eigenvalue weighted by Gasteiger charge is -2.12. The molecule has 0 aliphatic carbocycles. The predicted octanol–water partition coefficient (Wildman–Crippen LogP) is 8.09. The molecule has 0 amide bonds. The molecule has 0 saturated carbocycles. The summed E-state index contributed by atoms with van der Waals surface area (Å²) in [6, 6.07) is 9.86. The van der Waals surface area contributed by atoms with Crippen LogP contribution in [0.1, 0.15) is 11.4 Å². The SMILES string of the molecule is Cc1csc(-c2c(-c3c(F)cccc3Cl)noc2-c2cnn(-c3cccc(Cl)c3)c2C(F)(F)F)n1. The van der Waals surface area contributed by atoms with Gasteiger partial charge in [0.2, 0.25) is 0 Å². The highest BCUT2D eigenvalue weighted by Crippen LogP contribution is 2.47. The number of aromatic nitrogens is 4. The van der Waals surface area contributed by atoms with Gasteiger partial charge in [-0.15, -0.1) is 11.3 Å². The molecule has 0 N–H and O–H groups in total. The molecule has 178 valence electrons. The molecule has 35 heavy (non-hydrogen) atoms. The van der Waals surface area contributed by atoms with Crippen LogP contribution in [-0.4, -0.2) is 19.9 Å². The van der Waals surface area contributed by atoms with Crippen molar-refractivity contribution in [2.45, 2.75) is 13.1 Å². The molecule has 5 aromatic rings. The number of thiazole rings is 1. The molecule has 0 fully saturated rings. The second-order valence-electron chi connectivity index (χ2n) is 7.42. The molecule has 0 unspecified atom stereocenters. The van der Waals surface area contributed by atoms with Crippen molar-refractivity contribution >= 4 is 34.5 Å². The van der Waals surface area contributed by atoms with Gasteiger partial charge >= 0.3 is 6.18 Å². The first kappa shape index (κ1) is 23.5. The van der Waals surface area contributed by atoms with Crippen LogP contribution in [0.4, 0.5) is 17.6 Å². The van der Waals surface area contributed by atoms with Gasteiger partial charge in [0.25, 0.3) is 0 Å². The van der Waals surface area contributed by atoms with Crippen LogP contribution in [0.2, 0.25) is 10.0 Å². The number of alkyl halides is 3. The fourth-order valence-electron chi connectivity index (χ4n) is 3.63. The molecule has 3 aromatic heterocycles. The van der Waals surface area contributed by atoms with Crippen molar-refractivity contribution in [3.8, 4) is 38.8 Å². The topological polar surface area (TPSA) is 56.7 Å². The Bertz CT molecular complexity index is 1540. The number of aryl methyl sites for hydroxylation is 1. The number of hydrogen-bond donors (Lipinski definition) is 0. The zero-order valence-corrected chi connectivity index (χ0v) is 19.9. The molecule has 0 aliphatic heterocycles. The summed E-state index contributed by atoms with van der Waals surface area (Å²) in [5.74, 6) is -0.980. The van der Waals surface area contributed by atoms with Crippen molar-refractivity contribution in [2.24, 2.45) is 0 Å². The zero-order chi connectivity index (χ0) is 24.9. The fourth-order valence-corrected chi connectivity index (χ4v) is 4.90. The monoisotopic (exact) mass is 538 g/mol. The van der Waals surface area contributed by atoms with E-state index in [1.54, 1.807) is 12.3 Å². The van der Waals surface area contributed by atoms with E-state index in [-0.39, 0.29) is 43.3 Å². The van der Waals surface area contributed by atoms with E-state index in [0.29, 0.717) is 5.69 Å².